The van der Waals surface area contributed by atoms with E-state index in [9.17, 15) is 4.79 Å². The molecule has 1 saturated carbocycles. The van der Waals surface area contributed by atoms with E-state index in [1.807, 2.05) is 0 Å². The minimum absolute atomic E-state index is 0.108. The predicted octanol–water partition coefficient (Wildman–Crippen LogP) is 1.34. The van der Waals surface area contributed by atoms with Gasteiger partial charge in [0.15, 0.2) is 5.82 Å². The lowest BCUT2D eigenvalue weighted by Gasteiger charge is -2.15. The number of nitrogens with one attached hydrogen (secondary N) is 2. The zero-order chi connectivity index (χ0) is 9.97. The summed E-state index contributed by atoms with van der Waals surface area (Å²) in [7, 11) is 0. The van der Waals surface area contributed by atoms with Gasteiger partial charge in [-0.05, 0) is 19.3 Å². The normalized spacial score (nSPS) is 26.4. The van der Waals surface area contributed by atoms with Crippen molar-refractivity contribution in [2.45, 2.75) is 30.7 Å². The summed E-state index contributed by atoms with van der Waals surface area (Å²) in [6.07, 6.45) is 6.19. The third kappa shape index (κ3) is 1.90. The monoisotopic (exact) mass is 213 g/mol. The molecule has 0 aromatic carbocycles. The molecule has 1 aliphatic rings. The molecule has 1 fully saturated rings. The van der Waals surface area contributed by atoms with Crippen LogP contribution in [0.4, 0.5) is 5.82 Å². The highest BCUT2D eigenvalue weighted by Gasteiger charge is 2.25. The van der Waals surface area contributed by atoms with Crippen LogP contribution in [0.1, 0.15) is 19.3 Å². The zero-order valence-electron chi connectivity index (χ0n) is 7.66. The highest BCUT2D eigenvalue weighted by molar-refractivity contribution is 6.21. The number of nitrogens with zero attached hydrogens (tertiary/aromatic N) is 1. The number of H-pyrrole nitrogens is 1. The molecule has 76 valence electrons. The van der Waals surface area contributed by atoms with Gasteiger partial charge in [0.25, 0.3) is 5.56 Å². The smallest absolute Gasteiger partial charge is 0.290 e. The van der Waals surface area contributed by atoms with E-state index >= 15 is 0 Å². The first-order chi connectivity index (χ1) is 6.77. The topological polar surface area (TPSA) is 57.8 Å². The van der Waals surface area contributed by atoms with Crippen LogP contribution in [0, 0.1) is 0 Å². The Morgan fingerprint density at radius 3 is 3.07 bits per heavy atom. The minimum atomic E-state index is -0.191. The molecule has 0 radical (unpaired) electrons. The van der Waals surface area contributed by atoms with Crippen LogP contribution in [-0.4, -0.2) is 21.4 Å². The molecule has 0 bridgehead atoms. The van der Waals surface area contributed by atoms with E-state index in [2.05, 4.69) is 15.3 Å². The number of alkyl halides is 1. The second-order valence-corrected chi connectivity index (χ2v) is 4.03. The van der Waals surface area contributed by atoms with E-state index in [1.54, 1.807) is 6.20 Å². The van der Waals surface area contributed by atoms with E-state index in [0.29, 0.717) is 5.82 Å². The summed E-state index contributed by atoms with van der Waals surface area (Å²) >= 11 is 6.08. The number of anilines is 1. The van der Waals surface area contributed by atoms with Gasteiger partial charge in [0.1, 0.15) is 0 Å². The average Bonchev–Trinajstić information content (AvgIpc) is 2.56. The highest BCUT2D eigenvalue weighted by atomic mass is 35.5. The fourth-order valence-electron chi connectivity index (χ4n) is 1.71. The van der Waals surface area contributed by atoms with Crippen LogP contribution in [0.2, 0.25) is 0 Å². The molecule has 4 nitrogen and oxygen atoms in total. The molecular formula is C9H12ClN3O. The van der Waals surface area contributed by atoms with Gasteiger partial charge < -0.3 is 10.3 Å². The van der Waals surface area contributed by atoms with Gasteiger partial charge in [-0.2, -0.15) is 0 Å². The summed E-state index contributed by atoms with van der Waals surface area (Å²) in [6.45, 7) is 0. The van der Waals surface area contributed by atoms with Crippen molar-refractivity contribution in [1.82, 2.24) is 9.97 Å². The molecule has 0 spiro atoms. The van der Waals surface area contributed by atoms with Gasteiger partial charge in [-0.25, -0.2) is 4.98 Å². The molecule has 14 heavy (non-hydrogen) atoms. The molecule has 2 unspecified atom stereocenters. The van der Waals surface area contributed by atoms with Crippen molar-refractivity contribution in [1.29, 1.82) is 0 Å². The summed E-state index contributed by atoms with van der Waals surface area (Å²) in [5.74, 6) is 0.366. The van der Waals surface area contributed by atoms with Crippen molar-refractivity contribution in [3.8, 4) is 0 Å². The van der Waals surface area contributed by atoms with E-state index < -0.39 is 0 Å². The molecule has 0 aliphatic heterocycles. The van der Waals surface area contributed by atoms with E-state index in [1.165, 1.54) is 6.20 Å². The number of hydrogen-bond acceptors (Lipinski definition) is 3. The second-order valence-electron chi connectivity index (χ2n) is 3.46. The predicted molar refractivity (Wildman–Crippen MR) is 55.8 cm³/mol. The molecule has 0 amide bonds. The van der Waals surface area contributed by atoms with Crippen LogP contribution < -0.4 is 10.9 Å². The largest absolute Gasteiger partial charge is 0.361 e. The van der Waals surface area contributed by atoms with Crippen LogP contribution in [0.3, 0.4) is 0 Å². The second kappa shape index (κ2) is 4.00. The maximum atomic E-state index is 11.3. The van der Waals surface area contributed by atoms with Gasteiger partial charge in [-0.15, -0.1) is 11.6 Å². The van der Waals surface area contributed by atoms with Gasteiger partial charge >= 0.3 is 0 Å². The van der Waals surface area contributed by atoms with Crippen molar-refractivity contribution >= 4 is 17.4 Å². The maximum Gasteiger partial charge on any atom is 0.290 e. The fraction of sp³-hybridized carbons (Fsp3) is 0.556. The van der Waals surface area contributed by atoms with Crippen LogP contribution in [-0.2, 0) is 0 Å². The van der Waals surface area contributed by atoms with E-state index in [0.717, 1.165) is 19.3 Å². The first kappa shape index (κ1) is 9.52. The summed E-state index contributed by atoms with van der Waals surface area (Å²) in [4.78, 5) is 17.8. The Morgan fingerprint density at radius 1 is 1.57 bits per heavy atom. The summed E-state index contributed by atoms with van der Waals surface area (Å²) in [5.41, 5.74) is -0.191. The van der Waals surface area contributed by atoms with Crippen LogP contribution in [0.25, 0.3) is 0 Å². The van der Waals surface area contributed by atoms with Crippen LogP contribution in [0.5, 0.6) is 0 Å². The lowest BCUT2D eigenvalue weighted by molar-refractivity contribution is 0.753. The number of hydrogen-bond donors (Lipinski definition) is 2. The SMILES string of the molecule is O=c1[nH]ccnc1NC1CCCC1Cl. The molecule has 0 saturated heterocycles. The van der Waals surface area contributed by atoms with Crippen molar-refractivity contribution in [3.63, 3.8) is 0 Å². The third-order valence-corrected chi connectivity index (χ3v) is 2.98. The van der Waals surface area contributed by atoms with E-state index in [-0.39, 0.29) is 17.0 Å². The Balaban J connectivity index is 2.11. The Bertz CT molecular complexity index is 365. The zero-order valence-corrected chi connectivity index (χ0v) is 8.42. The summed E-state index contributed by atoms with van der Waals surface area (Å²) < 4.78 is 0. The first-order valence-electron chi connectivity index (χ1n) is 4.71. The quantitative estimate of drug-likeness (QED) is 0.729. The summed E-state index contributed by atoms with van der Waals surface area (Å²) in [6, 6.07) is 0.174. The minimum Gasteiger partial charge on any atom is -0.361 e. The molecule has 2 rings (SSSR count). The number of halogens is 1. The lowest BCUT2D eigenvalue weighted by atomic mass is 10.2. The summed E-state index contributed by atoms with van der Waals surface area (Å²) in [5, 5.41) is 3.18. The molecule has 1 aliphatic carbocycles. The molecule has 1 aromatic rings. The van der Waals surface area contributed by atoms with Crippen molar-refractivity contribution in [2.75, 3.05) is 5.32 Å². The Kier molecular flexibility index (Phi) is 2.72. The van der Waals surface area contributed by atoms with Crippen molar-refractivity contribution < 1.29 is 0 Å². The molecular weight excluding hydrogens is 202 g/mol. The van der Waals surface area contributed by atoms with Crippen LogP contribution in [0.15, 0.2) is 17.2 Å². The standard InChI is InChI=1S/C9H12ClN3O/c10-6-2-1-3-7(6)13-8-9(14)12-5-4-11-8/h4-7H,1-3H2,(H,11,13)(H,12,14). The molecule has 2 atom stereocenters. The first-order valence-corrected chi connectivity index (χ1v) is 5.15. The molecule has 1 aromatic heterocycles. The third-order valence-electron chi connectivity index (χ3n) is 2.46. The van der Waals surface area contributed by atoms with Gasteiger partial charge in [-0.3, -0.25) is 4.79 Å². The fourth-order valence-corrected chi connectivity index (χ4v) is 2.05. The van der Waals surface area contributed by atoms with E-state index in [4.69, 9.17) is 11.6 Å². The highest BCUT2D eigenvalue weighted by Crippen LogP contribution is 2.25. The van der Waals surface area contributed by atoms with Gasteiger partial charge in [0, 0.05) is 18.4 Å². The van der Waals surface area contributed by atoms with Gasteiger partial charge in [0.2, 0.25) is 0 Å². The Hall–Kier alpha value is -1.03. The Labute approximate surface area is 86.7 Å². The average molecular weight is 214 g/mol. The maximum absolute atomic E-state index is 11.3. The number of rotatable bonds is 2. The van der Waals surface area contributed by atoms with Gasteiger partial charge in [-0.1, -0.05) is 0 Å². The molecule has 5 heteroatoms. The number of aromatic nitrogens is 2. The van der Waals surface area contributed by atoms with Crippen LogP contribution >= 0.6 is 11.6 Å². The van der Waals surface area contributed by atoms with Crippen molar-refractivity contribution in [2.24, 2.45) is 0 Å². The van der Waals surface area contributed by atoms with Gasteiger partial charge in [0.05, 0.1) is 5.38 Å². The van der Waals surface area contributed by atoms with Crippen molar-refractivity contribution in [3.05, 3.63) is 22.7 Å². The molecule has 1 heterocycles. The Morgan fingerprint density at radius 2 is 2.43 bits per heavy atom. The molecule has 2 N–H and O–H groups in total. The lowest BCUT2D eigenvalue weighted by Crippen LogP contribution is -2.28. The number of aromatic amines is 1.